The molecule has 0 radical (unpaired) electrons. The number of anilines is 1. The number of ether oxygens (including phenoxy) is 1. The lowest BCUT2D eigenvalue weighted by atomic mass is 10.1. The highest BCUT2D eigenvalue weighted by atomic mass is 19.3. The molecule has 1 aliphatic rings. The van der Waals surface area contributed by atoms with E-state index < -0.39 is 29.8 Å². The molecule has 9 nitrogen and oxygen atoms in total. The van der Waals surface area contributed by atoms with Crippen molar-refractivity contribution in [2.24, 2.45) is 14.1 Å². The second-order valence-corrected chi connectivity index (χ2v) is 7.66. The van der Waals surface area contributed by atoms with E-state index >= 15 is 0 Å². The van der Waals surface area contributed by atoms with Gasteiger partial charge in [-0.3, -0.25) is 9.48 Å². The average molecular weight is 462 g/mol. The van der Waals surface area contributed by atoms with Crippen LogP contribution in [0.25, 0.3) is 0 Å². The third-order valence-corrected chi connectivity index (χ3v) is 5.35. The molecule has 3 aromatic rings. The number of rotatable bonds is 6. The number of carbonyl (C=O) groups is 2. The molecule has 0 fully saturated rings. The van der Waals surface area contributed by atoms with Gasteiger partial charge in [-0.05, 0) is 42.2 Å². The van der Waals surface area contributed by atoms with Gasteiger partial charge in [-0.2, -0.15) is 5.10 Å². The molecule has 4 rings (SSSR count). The molecule has 1 unspecified atom stereocenters. The largest absolute Gasteiger partial charge is 0.441 e. The zero-order valence-electron chi connectivity index (χ0n) is 17.8. The van der Waals surface area contributed by atoms with Crippen molar-refractivity contribution in [1.82, 2.24) is 24.6 Å². The zero-order chi connectivity index (χ0) is 23.7. The number of nitrogens with zero attached hydrogens (tertiary/aromatic N) is 4. The van der Waals surface area contributed by atoms with Crippen LogP contribution in [0.2, 0.25) is 0 Å². The SMILES string of the molecule is Cn1cnc(COC(=O)NC2CCc3c2cn(C)c3C(=O)Nc2ccc(F)c(C(F)F)c2)n1. The summed E-state index contributed by atoms with van der Waals surface area (Å²) in [7, 11) is 3.37. The van der Waals surface area contributed by atoms with E-state index in [1.54, 1.807) is 24.9 Å². The van der Waals surface area contributed by atoms with Gasteiger partial charge >= 0.3 is 6.09 Å². The molecule has 1 aromatic carbocycles. The van der Waals surface area contributed by atoms with Gasteiger partial charge < -0.3 is 19.9 Å². The fraction of sp³-hybridized carbons (Fsp3) is 0.333. The lowest BCUT2D eigenvalue weighted by Gasteiger charge is -2.12. The fourth-order valence-corrected chi connectivity index (χ4v) is 3.90. The third kappa shape index (κ3) is 4.69. The van der Waals surface area contributed by atoms with Crippen LogP contribution in [0.3, 0.4) is 0 Å². The summed E-state index contributed by atoms with van der Waals surface area (Å²) in [6.45, 7) is -0.0764. The van der Waals surface area contributed by atoms with Crippen LogP contribution in [0.5, 0.6) is 0 Å². The monoisotopic (exact) mass is 462 g/mol. The van der Waals surface area contributed by atoms with E-state index in [4.69, 9.17) is 4.74 Å². The van der Waals surface area contributed by atoms with Crippen molar-refractivity contribution < 1.29 is 27.5 Å². The second kappa shape index (κ2) is 8.96. The summed E-state index contributed by atoms with van der Waals surface area (Å²) >= 11 is 0. The van der Waals surface area contributed by atoms with Crippen molar-refractivity contribution in [3.63, 3.8) is 0 Å². The molecule has 0 bridgehead atoms. The molecule has 2 aromatic heterocycles. The lowest BCUT2D eigenvalue weighted by molar-refractivity contribution is 0.101. The Morgan fingerprint density at radius 3 is 2.79 bits per heavy atom. The van der Waals surface area contributed by atoms with Gasteiger partial charge in [-0.1, -0.05) is 0 Å². The highest BCUT2D eigenvalue weighted by Crippen LogP contribution is 2.35. The number of nitrogens with one attached hydrogen (secondary N) is 2. The number of hydrogen-bond acceptors (Lipinski definition) is 5. The van der Waals surface area contributed by atoms with Gasteiger partial charge in [0, 0.05) is 26.0 Å². The molecule has 0 saturated carbocycles. The van der Waals surface area contributed by atoms with E-state index in [0.29, 0.717) is 24.4 Å². The predicted molar refractivity (Wildman–Crippen MR) is 110 cm³/mol. The van der Waals surface area contributed by atoms with Gasteiger partial charge in [-0.25, -0.2) is 22.9 Å². The molecule has 0 aliphatic heterocycles. The Kier molecular flexibility index (Phi) is 6.07. The van der Waals surface area contributed by atoms with Gasteiger partial charge in [0.25, 0.3) is 12.3 Å². The Balaban J connectivity index is 1.44. The summed E-state index contributed by atoms with van der Waals surface area (Å²) in [4.78, 5) is 29.0. The van der Waals surface area contributed by atoms with Gasteiger partial charge in [0.1, 0.15) is 17.8 Å². The first-order valence-corrected chi connectivity index (χ1v) is 10.1. The molecule has 12 heteroatoms. The normalized spacial score (nSPS) is 14.9. The summed E-state index contributed by atoms with van der Waals surface area (Å²) in [5.74, 6) is -1.19. The Hall–Kier alpha value is -3.83. The van der Waals surface area contributed by atoms with Gasteiger partial charge in [-0.15, -0.1) is 0 Å². The minimum absolute atomic E-state index is 0.0611. The van der Waals surface area contributed by atoms with Crippen LogP contribution in [0.1, 0.15) is 51.9 Å². The number of carbonyl (C=O) groups excluding carboxylic acids is 2. The van der Waals surface area contributed by atoms with Crippen molar-refractivity contribution in [2.45, 2.75) is 31.9 Å². The highest BCUT2D eigenvalue weighted by Gasteiger charge is 2.31. The summed E-state index contributed by atoms with van der Waals surface area (Å²) in [6.07, 6.45) is 0.683. The van der Waals surface area contributed by atoms with Crippen molar-refractivity contribution in [3.05, 3.63) is 64.7 Å². The van der Waals surface area contributed by atoms with E-state index in [1.807, 2.05) is 0 Å². The fourth-order valence-electron chi connectivity index (χ4n) is 3.90. The van der Waals surface area contributed by atoms with E-state index in [1.165, 1.54) is 17.1 Å². The number of amides is 2. The maximum Gasteiger partial charge on any atom is 0.408 e. The average Bonchev–Trinajstić information content (AvgIpc) is 3.43. The molecule has 2 N–H and O–H groups in total. The molecular weight excluding hydrogens is 441 g/mol. The minimum Gasteiger partial charge on any atom is -0.441 e. The highest BCUT2D eigenvalue weighted by molar-refractivity contribution is 6.04. The number of benzene rings is 1. The van der Waals surface area contributed by atoms with Crippen LogP contribution >= 0.6 is 0 Å². The van der Waals surface area contributed by atoms with E-state index in [-0.39, 0.29) is 18.3 Å². The van der Waals surface area contributed by atoms with E-state index in [2.05, 4.69) is 20.7 Å². The van der Waals surface area contributed by atoms with Gasteiger partial charge in [0.15, 0.2) is 12.4 Å². The molecule has 0 spiro atoms. The number of alkyl halides is 2. The lowest BCUT2D eigenvalue weighted by Crippen LogP contribution is -2.27. The van der Waals surface area contributed by atoms with Crippen molar-refractivity contribution in [3.8, 4) is 0 Å². The maximum atomic E-state index is 13.5. The molecule has 174 valence electrons. The van der Waals surface area contributed by atoms with Crippen LogP contribution in [-0.2, 0) is 31.9 Å². The summed E-state index contributed by atoms with van der Waals surface area (Å²) in [6, 6.07) is 2.67. The van der Waals surface area contributed by atoms with Crippen LogP contribution in [0.15, 0.2) is 30.7 Å². The first-order chi connectivity index (χ1) is 15.7. The topological polar surface area (TPSA) is 103 Å². The molecule has 2 heterocycles. The summed E-state index contributed by atoms with van der Waals surface area (Å²) in [5, 5.41) is 9.35. The predicted octanol–water partition coefficient (Wildman–Crippen LogP) is 3.40. The van der Waals surface area contributed by atoms with E-state index in [9.17, 15) is 22.8 Å². The van der Waals surface area contributed by atoms with Crippen LogP contribution in [-0.4, -0.2) is 31.3 Å². The number of hydrogen-bond donors (Lipinski definition) is 2. The smallest absolute Gasteiger partial charge is 0.408 e. The van der Waals surface area contributed by atoms with E-state index in [0.717, 1.165) is 23.3 Å². The number of alkyl carbamates (subject to hydrolysis) is 1. The Labute approximate surface area is 186 Å². The standard InChI is InChI=1S/C21H21F3N6O3/c1-29-8-14-12(4-6-16(14)27-21(32)33-9-17-25-10-30(2)28-17)18(29)20(31)26-11-3-5-15(22)13(7-11)19(23)24/h3,5,7-8,10,16,19H,4,6,9H2,1-2H3,(H,26,31)(H,27,32). The summed E-state index contributed by atoms with van der Waals surface area (Å²) < 4.78 is 47.7. The van der Waals surface area contributed by atoms with Gasteiger partial charge in [0.05, 0.1) is 11.6 Å². The quantitative estimate of drug-likeness (QED) is 0.585. The second-order valence-electron chi connectivity index (χ2n) is 7.66. The molecule has 0 saturated heterocycles. The van der Waals surface area contributed by atoms with Gasteiger partial charge in [0.2, 0.25) is 0 Å². The Morgan fingerprint density at radius 1 is 1.30 bits per heavy atom. The first kappa shape index (κ1) is 22.4. The van der Waals surface area contributed by atoms with Crippen LogP contribution in [0, 0.1) is 5.82 Å². The molecule has 1 atom stereocenters. The minimum atomic E-state index is -3.00. The summed E-state index contributed by atoms with van der Waals surface area (Å²) in [5.41, 5.74) is 1.12. The first-order valence-electron chi connectivity index (χ1n) is 10.1. The zero-order valence-corrected chi connectivity index (χ0v) is 17.8. The molecule has 2 amide bonds. The Morgan fingerprint density at radius 2 is 2.09 bits per heavy atom. The van der Waals surface area contributed by atoms with Crippen LogP contribution < -0.4 is 10.6 Å². The van der Waals surface area contributed by atoms with Crippen molar-refractivity contribution >= 4 is 17.7 Å². The van der Waals surface area contributed by atoms with Crippen molar-refractivity contribution in [2.75, 3.05) is 5.32 Å². The maximum absolute atomic E-state index is 13.5. The molecule has 33 heavy (non-hydrogen) atoms. The number of fused-ring (bicyclic) bond motifs is 1. The van der Waals surface area contributed by atoms with Crippen LogP contribution in [0.4, 0.5) is 23.7 Å². The Bertz CT molecular complexity index is 1210. The molecular formula is C21H21F3N6O3. The number of halogens is 3. The van der Waals surface area contributed by atoms with Crippen molar-refractivity contribution in [1.29, 1.82) is 0 Å². The number of aromatic nitrogens is 4. The molecule has 1 aliphatic carbocycles. The number of aryl methyl sites for hydroxylation is 2. The third-order valence-electron chi connectivity index (χ3n) is 5.35.